The largest absolute Gasteiger partial charge is 0.469 e. The molecule has 0 aliphatic rings. The fourth-order valence-corrected chi connectivity index (χ4v) is 1.82. The van der Waals surface area contributed by atoms with Crippen LogP contribution in [0, 0.1) is 0 Å². The van der Waals surface area contributed by atoms with Gasteiger partial charge in [-0.05, 0) is 12.1 Å². The van der Waals surface area contributed by atoms with Crippen molar-refractivity contribution < 1.29 is 14.3 Å². The first-order valence-electron chi connectivity index (χ1n) is 6.21. The van der Waals surface area contributed by atoms with Crippen LogP contribution in [-0.2, 0) is 11.3 Å². The van der Waals surface area contributed by atoms with Crippen LogP contribution in [0.5, 0.6) is 5.88 Å². The number of ether oxygens (including phenoxy) is 2. The van der Waals surface area contributed by atoms with Gasteiger partial charge >= 0.3 is 5.97 Å². The van der Waals surface area contributed by atoms with E-state index in [1.54, 1.807) is 30.7 Å². The van der Waals surface area contributed by atoms with Crippen molar-refractivity contribution in [3.05, 3.63) is 54.4 Å². The fourth-order valence-electron chi connectivity index (χ4n) is 1.82. The molecule has 0 aliphatic carbocycles. The van der Waals surface area contributed by atoms with E-state index in [0.29, 0.717) is 22.8 Å². The highest BCUT2D eigenvalue weighted by Gasteiger charge is 2.08. The number of hydrogen-bond donors (Lipinski definition) is 0. The first kappa shape index (κ1) is 13.0. The number of hydrogen-bond acceptors (Lipinski definition) is 6. The minimum atomic E-state index is -0.418. The lowest BCUT2D eigenvalue weighted by Crippen LogP contribution is -2.05. The van der Waals surface area contributed by atoms with Gasteiger partial charge in [0.15, 0.2) is 5.65 Å². The number of carbonyl (C=O) groups is 1. The van der Waals surface area contributed by atoms with Crippen LogP contribution in [0.1, 0.15) is 16.1 Å². The Morgan fingerprint density at radius 2 is 2.00 bits per heavy atom. The van der Waals surface area contributed by atoms with Crippen LogP contribution < -0.4 is 4.74 Å². The number of fused-ring (bicyclic) bond motifs is 1. The second-order valence-corrected chi connectivity index (χ2v) is 4.21. The highest BCUT2D eigenvalue weighted by atomic mass is 16.5. The van der Waals surface area contributed by atoms with E-state index in [2.05, 4.69) is 19.7 Å². The molecule has 0 saturated carbocycles. The predicted octanol–water partition coefficient (Wildman–Crippen LogP) is 1.49. The Hall–Kier alpha value is -2.96. The molecular formula is C14H12N4O3. The highest BCUT2D eigenvalue weighted by molar-refractivity contribution is 5.88. The maximum Gasteiger partial charge on any atom is 0.339 e. The summed E-state index contributed by atoms with van der Waals surface area (Å²) in [6.07, 6.45) is 8.37. The molecule has 3 rings (SSSR count). The van der Waals surface area contributed by atoms with Gasteiger partial charge in [0.2, 0.25) is 0 Å². The molecule has 3 heterocycles. The number of pyridine rings is 1. The second kappa shape index (κ2) is 5.58. The lowest BCUT2D eigenvalue weighted by atomic mass is 10.2. The van der Waals surface area contributed by atoms with Crippen LogP contribution in [0.4, 0.5) is 0 Å². The quantitative estimate of drug-likeness (QED) is 0.675. The number of esters is 1. The normalized spacial score (nSPS) is 10.5. The predicted molar refractivity (Wildman–Crippen MR) is 72.9 cm³/mol. The van der Waals surface area contributed by atoms with E-state index in [-0.39, 0.29) is 6.61 Å². The van der Waals surface area contributed by atoms with Crippen LogP contribution in [-0.4, -0.2) is 32.4 Å². The van der Waals surface area contributed by atoms with Crippen molar-refractivity contribution in [3.63, 3.8) is 0 Å². The van der Waals surface area contributed by atoms with Crippen molar-refractivity contribution in [2.45, 2.75) is 6.61 Å². The monoisotopic (exact) mass is 284 g/mol. The van der Waals surface area contributed by atoms with Gasteiger partial charge in [0.25, 0.3) is 5.88 Å². The number of nitrogens with zero attached hydrogens (tertiary/aromatic N) is 4. The topological polar surface area (TPSA) is 78.6 Å². The van der Waals surface area contributed by atoms with E-state index < -0.39 is 5.97 Å². The molecule has 0 fully saturated rings. The second-order valence-electron chi connectivity index (χ2n) is 4.21. The fraction of sp³-hybridized carbons (Fsp3) is 0.143. The Labute approximate surface area is 120 Å². The maximum atomic E-state index is 11.3. The van der Waals surface area contributed by atoms with Gasteiger partial charge in [0.05, 0.1) is 18.4 Å². The van der Waals surface area contributed by atoms with Crippen molar-refractivity contribution >= 4 is 11.6 Å². The van der Waals surface area contributed by atoms with Crippen LogP contribution in [0.15, 0.2) is 43.1 Å². The Kier molecular flexibility index (Phi) is 3.46. The molecule has 0 amide bonds. The molecule has 0 aliphatic heterocycles. The van der Waals surface area contributed by atoms with Gasteiger partial charge in [-0.15, -0.1) is 0 Å². The summed E-state index contributed by atoms with van der Waals surface area (Å²) in [5.41, 5.74) is 1.72. The zero-order valence-corrected chi connectivity index (χ0v) is 11.3. The average Bonchev–Trinajstić information content (AvgIpc) is 3.02. The van der Waals surface area contributed by atoms with Gasteiger partial charge in [0, 0.05) is 31.0 Å². The number of carbonyl (C=O) groups excluding carboxylic acids is 1. The number of rotatable bonds is 4. The molecule has 0 aromatic carbocycles. The Bertz CT molecular complexity index is 767. The molecule has 0 radical (unpaired) electrons. The van der Waals surface area contributed by atoms with Gasteiger partial charge < -0.3 is 13.9 Å². The molecule has 0 N–H and O–H groups in total. The molecule has 0 saturated heterocycles. The Morgan fingerprint density at radius 3 is 2.71 bits per heavy atom. The summed E-state index contributed by atoms with van der Waals surface area (Å²) in [7, 11) is 1.33. The third-order valence-corrected chi connectivity index (χ3v) is 2.88. The highest BCUT2D eigenvalue weighted by Crippen LogP contribution is 2.15. The summed E-state index contributed by atoms with van der Waals surface area (Å²) < 4.78 is 12.0. The van der Waals surface area contributed by atoms with E-state index >= 15 is 0 Å². The number of methoxy groups -OCH3 is 1. The third kappa shape index (κ3) is 2.66. The summed E-state index contributed by atoms with van der Waals surface area (Å²) >= 11 is 0. The Morgan fingerprint density at radius 1 is 1.19 bits per heavy atom. The molecule has 0 atom stereocenters. The van der Waals surface area contributed by atoms with E-state index in [1.165, 1.54) is 13.3 Å². The number of imidazole rings is 1. The summed E-state index contributed by atoms with van der Waals surface area (Å²) in [4.78, 5) is 23.8. The van der Waals surface area contributed by atoms with Crippen LogP contribution >= 0.6 is 0 Å². The van der Waals surface area contributed by atoms with Crippen LogP contribution in [0.25, 0.3) is 5.65 Å². The van der Waals surface area contributed by atoms with Gasteiger partial charge in [-0.1, -0.05) is 0 Å². The molecule has 21 heavy (non-hydrogen) atoms. The van der Waals surface area contributed by atoms with Gasteiger partial charge in [-0.2, -0.15) is 0 Å². The summed E-state index contributed by atoms with van der Waals surface area (Å²) in [6, 6.07) is 3.35. The van der Waals surface area contributed by atoms with Crippen LogP contribution in [0.2, 0.25) is 0 Å². The van der Waals surface area contributed by atoms with Gasteiger partial charge in [-0.25, -0.2) is 14.8 Å². The lowest BCUT2D eigenvalue weighted by Gasteiger charge is -2.06. The van der Waals surface area contributed by atoms with Crippen LogP contribution in [0.3, 0.4) is 0 Å². The zero-order valence-electron chi connectivity index (χ0n) is 11.3. The first-order chi connectivity index (χ1) is 10.3. The first-order valence-corrected chi connectivity index (χ1v) is 6.21. The average molecular weight is 284 g/mol. The molecule has 7 heteroatoms. The minimum absolute atomic E-state index is 0.237. The standard InChI is InChI=1S/C14H12N4O3/c1-20-14(19)10-2-3-11(17-8-10)9-21-13-12-15-4-6-18(12)7-5-16-13/h2-8H,9H2,1H3. The number of aromatic nitrogens is 4. The van der Waals surface area contributed by atoms with E-state index in [0.717, 1.165) is 0 Å². The lowest BCUT2D eigenvalue weighted by molar-refractivity contribution is 0.0600. The van der Waals surface area contributed by atoms with Gasteiger partial charge in [0.1, 0.15) is 6.61 Å². The van der Waals surface area contributed by atoms with Crippen molar-refractivity contribution in [3.8, 4) is 5.88 Å². The van der Waals surface area contributed by atoms with Crippen molar-refractivity contribution in [2.75, 3.05) is 7.11 Å². The van der Waals surface area contributed by atoms with E-state index in [9.17, 15) is 4.79 Å². The Balaban J connectivity index is 1.73. The van der Waals surface area contributed by atoms with Crippen molar-refractivity contribution in [1.82, 2.24) is 19.4 Å². The zero-order chi connectivity index (χ0) is 14.7. The molecule has 0 spiro atoms. The molecule has 0 bridgehead atoms. The van der Waals surface area contributed by atoms with E-state index in [4.69, 9.17) is 4.74 Å². The molecule has 106 valence electrons. The van der Waals surface area contributed by atoms with Gasteiger partial charge in [-0.3, -0.25) is 4.98 Å². The minimum Gasteiger partial charge on any atom is -0.469 e. The third-order valence-electron chi connectivity index (χ3n) is 2.88. The molecule has 7 nitrogen and oxygen atoms in total. The summed E-state index contributed by atoms with van der Waals surface area (Å²) in [6.45, 7) is 0.237. The molecule has 3 aromatic heterocycles. The molecule has 3 aromatic rings. The smallest absolute Gasteiger partial charge is 0.339 e. The SMILES string of the molecule is COC(=O)c1ccc(COc2nccn3ccnc23)nc1. The van der Waals surface area contributed by atoms with E-state index in [1.807, 2.05) is 10.6 Å². The summed E-state index contributed by atoms with van der Waals surface area (Å²) in [5, 5.41) is 0. The maximum absolute atomic E-state index is 11.3. The van der Waals surface area contributed by atoms with Crippen molar-refractivity contribution in [2.24, 2.45) is 0 Å². The molecular weight excluding hydrogens is 272 g/mol. The summed E-state index contributed by atoms with van der Waals surface area (Å²) in [5.74, 6) is 0.0140. The molecule has 0 unspecified atom stereocenters. The van der Waals surface area contributed by atoms with Crippen molar-refractivity contribution in [1.29, 1.82) is 0 Å².